The minimum Gasteiger partial charge on any atom is -0.462 e. The third kappa shape index (κ3) is 41.3. The fourth-order valence-corrected chi connectivity index (χ4v) is 5.32. The van der Waals surface area contributed by atoms with Crippen LogP contribution >= 0.6 is 0 Å². The van der Waals surface area contributed by atoms with Crippen molar-refractivity contribution in [2.45, 2.75) is 181 Å². The van der Waals surface area contributed by atoms with Crippen LogP contribution in [0.5, 0.6) is 0 Å². The van der Waals surface area contributed by atoms with Gasteiger partial charge in [0.05, 0.1) is 0 Å². The van der Waals surface area contributed by atoms with E-state index in [1.807, 2.05) is 0 Å². The molecule has 0 spiro atoms. The molecule has 6 heteroatoms. The molecule has 0 aliphatic heterocycles. The number of unbranched alkanes of at least 4 members (excludes halogenated alkanes) is 10. The third-order valence-corrected chi connectivity index (χ3v) is 8.55. The number of rotatable bonds is 37. The highest BCUT2D eigenvalue weighted by atomic mass is 16.6. The van der Waals surface area contributed by atoms with E-state index in [2.05, 4.69) is 118 Å². The molecule has 0 heterocycles. The second kappa shape index (κ2) is 43.1. The maximum Gasteiger partial charge on any atom is 0.306 e. The highest BCUT2D eigenvalue weighted by Crippen LogP contribution is 2.11. The molecule has 1 unspecified atom stereocenters. The summed E-state index contributed by atoms with van der Waals surface area (Å²) in [5.74, 6) is -1.03. The molecule has 0 N–H and O–H groups in total. The van der Waals surface area contributed by atoms with E-state index in [9.17, 15) is 14.4 Å². The summed E-state index contributed by atoms with van der Waals surface area (Å²) in [4.78, 5) is 37.6. The fraction of sp³-hybridized carbons (Fsp3) is 0.612. The summed E-state index contributed by atoms with van der Waals surface area (Å²) in [6.07, 6.45) is 55.5. The van der Waals surface area contributed by atoms with Crippen molar-refractivity contribution in [3.63, 3.8) is 0 Å². The van der Waals surface area contributed by atoms with Gasteiger partial charge in [0, 0.05) is 19.3 Å². The molecule has 0 saturated heterocycles. The van der Waals surface area contributed by atoms with Crippen LogP contribution in [0, 0.1) is 0 Å². The molecular weight excluding hydrogens is 685 g/mol. The van der Waals surface area contributed by atoms with Gasteiger partial charge in [-0.2, -0.15) is 0 Å². The van der Waals surface area contributed by atoms with Crippen molar-refractivity contribution in [1.82, 2.24) is 0 Å². The summed E-state index contributed by atoms with van der Waals surface area (Å²) in [6.45, 7) is 6.23. The molecule has 310 valence electrons. The van der Waals surface area contributed by atoms with E-state index in [1.54, 1.807) is 0 Å². The van der Waals surface area contributed by atoms with Crippen LogP contribution in [0.15, 0.2) is 97.2 Å². The minimum atomic E-state index is -0.815. The summed E-state index contributed by atoms with van der Waals surface area (Å²) in [5.41, 5.74) is 0. The Bertz CT molecular complexity index is 1150. The Labute approximate surface area is 337 Å². The first-order valence-corrected chi connectivity index (χ1v) is 21.7. The zero-order chi connectivity index (χ0) is 40.1. The summed E-state index contributed by atoms with van der Waals surface area (Å²) >= 11 is 0. The van der Waals surface area contributed by atoms with E-state index >= 15 is 0 Å². The van der Waals surface area contributed by atoms with Crippen LogP contribution in [0.1, 0.15) is 175 Å². The Kier molecular flexibility index (Phi) is 40.2. The Morgan fingerprint density at radius 1 is 0.382 bits per heavy atom. The number of carbonyl (C=O) groups is 3. The molecule has 0 bridgehead atoms. The molecule has 0 radical (unpaired) electrons. The lowest BCUT2D eigenvalue weighted by atomic mass is 10.1. The lowest BCUT2D eigenvalue weighted by molar-refractivity contribution is -0.167. The van der Waals surface area contributed by atoms with Crippen molar-refractivity contribution in [1.29, 1.82) is 0 Å². The van der Waals surface area contributed by atoms with E-state index in [1.165, 1.54) is 25.7 Å². The Morgan fingerprint density at radius 3 is 1.24 bits per heavy atom. The van der Waals surface area contributed by atoms with E-state index in [4.69, 9.17) is 14.2 Å². The van der Waals surface area contributed by atoms with Gasteiger partial charge in [-0.3, -0.25) is 14.4 Å². The summed E-state index contributed by atoms with van der Waals surface area (Å²) in [7, 11) is 0. The maximum atomic E-state index is 12.7. The molecule has 0 aromatic carbocycles. The summed E-state index contributed by atoms with van der Waals surface area (Å²) < 4.78 is 16.6. The molecule has 0 aliphatic rings. The smallest absolute Gasteiger partial charge is 0.306 e. The molecule has 0 fully saturated rings. The van der Waals surface area contributed by atoms with Crippen LogP contribution < -0.4 is 0 Å². The average Bonchev–Trinajstić information content (AvgIpc) is 3.18. The van der Waals surface area contributed by atoms with Gasteiger partial charge in [0.2, 0.25) is 0 Å². The van der Waals surface area contributed by atoms with Gasteiger partial charge in [-0.05, 0) is 103 Å². The predicted octanol–water partition coefficient (Wildman–Crippen LogP) is 13.9. The highest BCUT2D eigenvalue weighted by molar-refractivity contribution is 5.71. The van der Waals surface area contributed by atoms with Crippen LogP contribution in [0.3, 0.4) is 0 Å². The van der Waals surface area contributed by atoms with Gasteiger partial charge in [-0.15, -0.1) is 0 Å². The summed E-state index contributed by atoms with van der Waals surface area (Å²) in [5, 5.41) is 0. The monoisotopic (exact) mass is 763 g/mol. The maximum absolute atomic E-state index is 12.7. The third-order valence-electron chi connectivity index (χ3n) is 8.55. The number of hydrogen-bond donors (Lipinski definition) is 0. The van der Waals surface area contributed by atoms with Gasteiger partial charge in [-0.1, -0.05) is 150 Å². The minimum absolute atomic E-state index is 0.118. The highest BCUT2D eigenvalue weighted by Gasteiger charge is 2.19. The number of carbonyl (C=O) groups excluding carboxylic acids is 3. The number of esters is 3. The predicted molar refractivity (Wildman–Crippen MR) is 233 cm³/mol. The van der Waals surface area contributed by atoms with Crippen molar-refractivity contribution in [2.24, 2.45) is 0 Å². The molecule has 1 atom stereocenters. The lowest BCUT2D eigenvalue weighted by Crippen LogP contribution is -2.30. The Hall–Kier alpha value is -3.67. The van der Waals surface area contributed by atoms with E-state index in [-0.39, 0.29) is 37.5 Å². The zero-order valence-electron chi connectivity index (χ0n) is 35.1. The van der Waals surface area contributed by atoms with Crippen LogP contribution in [0.25, 0.3) is 0 Å². The van der Waals surface area contributed by atoms with Crippen LogP contribution in [0.2, 0.25) is 0 Å². The number of allylic oxidation sites excluding steroid dienone is 16. The van der Waals surface area contributed by atoms with Crippen molar-refractivity contribution in [3.8, 4) is 0 Å². The van der Waals surface area contributed by atoms with Crippen LogP contribution in [-0.4, -0.2) is 37.2 Å². The number of hydrogen-bond acceptors (Lipinski definition) is 6. The molecule has 0 amide bonds. The van der Waals surface area contributed by atoms with Gasteiger partial charge in [-0.25, -0.2) is 0 Å². The molecular formula is C49H78O6. The Morgan fingerprint density at radius 2 is 0.727 bits per heavy atom. The first kappa shape index (κ1) is 51.3. The van der Waals surface area contributed by atoms with Crippen molar-refractivity contribution in [3.05, 3.63) is 97.2 Å². The first-order valence-electron chi connectivity index (χ1n) is 21.7. The standard InChI is InChI=1S/C49H78O6/c1-4-7-10-13-16-19-21-22-23-24-25-26-28-30-33-36-39-42-48(51)54-45-46(44-53-47(50)41-38-35-32-29-18-15-12-9-6-3)55-49(52)43-40-37-34-31-27-20-17-14-11-8-5-2/h7,9-10,12,14,16-19,22-23,25-26,29-30,33,46H,4-6,8,11,13,15,20-21,24,27-28,31-32,34-45H2,1-3H3/b10-7-,12-9-,17-14-,19-16-,23-22-,26-25-,29-18-,33-30-. The Balaban J connectivity index is 4.50. The normalized spacial score (nSPS) is 13.0. The van der Waals surface area contributed by atoms with Crippen molar-refractivity contribution >= 4 is 17.9 Å². The lowest BCUT2D eigenvalue weighted by Gasteiger charge is -2.18. The van der Waals surface area contributed by atoms with E-state index < -0.39 is 6.10 Å². The molecule has 0 saturated carbocycles. The van der Waals surface area contributed by atoms with Gasteiger partial charge < -0.3 is 14.2 Å². The largest absolute Gasteiger partial charge is 0.462 e. The van der Waals surface area contributed by atoms with E-state index in [0.717, 1.165) is 103 Å². The van der Waals surface area contributed by atoms with E-state index in [0.29, 0.717) is 19.3 Å². The van der Waals surface area contributed by atoms with Crippen LogP contribution in [-0.2, 0) is 28.6 Å². The van der Waals surface area contributed by atoms with Crippen LogP contribution in [0.4, 0.5) is 0 Å². The molecule has 6 nitrogen and oxygen atoms in total. The second-order valence-corrected chi connectivity index (χ2v) is 13.8. The van der Waals surface area contributed by atoms with Gasteiger partial charge in [0.25, 0.3) is 0 Å². The molecule has 0 aromatic rings. The second-order valence-electron chi connectivity index (χ2n) is 13.8. The first-order chi connectivity index (χ1) is 27.0. The van der Waals surface area contributed by atoms with Crippen molar-refractivity contribution < 1.29 is 28.6 Å². The topological polar surface area (TPSA) is 78.9 Å². The van der Waals surface area contributed by atoms with Gasteiger partial charge in [0.15, 0.2) is 6.10 Å². The fourth-order valence-electron chi connectivity index (χ4n) is 5.32. The molecule has 0 aromatic heterocycles. The SMILES string of the molecule is CC/C=C\C/C=C\C/C=C\C/C=C\C/C=C\CCCC(=O)OCC(COC(=O)CCCC/C=C\C/C=C\CC)OC(=O)CCCCCCC/C=C\CCCC. The van der Waals surface area contributed by atoms with Gasteiger partial charge >= 0.3 is 17.9 Å². The zero-order valence-corrected chi connectivity index (χ0v) is 35.1. The molecule has 0 rings (SSSR count). The quantitative estimate of drug-likeness (QED) is 0.0271. The van der Waals surface area contributed by atoms with Gasteiger partial charge in [0.1, 0.15) is 13.2 Å². The molecule has 55 heavy (non-hydrogen) atoms. The summed E-state index contributed by atoms with van der Waals surface area (Å²) in [6, 6.07) is 0. The number of ether oxygens (including phenoxy) is 3. The molecule has 0 aliphatic carbocycles. The average molecular weight is 763 g/mol. The van der Waals surface area contributed by atoms with Crippen molar-refractivity contribution in [2.75, 3.05) is 13.2 Å².